The second-order valence-corrected chi connectivity index (χ2v) is 10.0. The molecule has 3 heterocycles. The Hall–Kier alpha value is -3.60. The minimum Gasteiger partial charge on any atom is -0.463 e. The van der Waals surface area contributed by atoms with E-state index in [1.165, 1.54) is 22.5 Å². The highest BCUT2D eigenvalue weighted by Crippen LogP contribution is 2.34. The molecule has 1 amide bonds. The zero-order chi connectivity index (χ0) is 26.2. The number of hydrogen-bond donors (Lipinski definition) is 0. The standard InChI is InChI=1S/C26H23F3N4O3S/c1-16-4-6-18(21(9-16)26(27,28)29)13-33-22-7-5-17(10-19(22)12-30-33)11-23-24(35)31-25(37-23)32-8-2-3-20(14-32)36-15-34/h4-7,9-12,15,20H,2-3,8,13-14H2,1H3/b23-11-/t20-/m0/s1. The Kier molecular flexibility index (Phi) is 6.80. The minimum atomic E-state index is -4.45. The molecule has 0 N–H and O–H groups in total. The van der Waals surface area contributed by atoms with E-state index in [9.17, 15) is 22.8 Å². The maximum absolute atomic E-state index is 13.6. The molecule has 0 spiro atoms. The summed E-state index contributed by atoms with van der Waals surface area (Å²) in [7, 11) is 0. The van der Waals surface area contributed by atoms with Crippen LogP contribution in [0.2, 0.25) is 0 Å². The summed E-state index contributed by atoms with van der Waals surface area (Å²) in [5.74, 6) is -0.340. The third-order valence-corrected chi connectivity index (χ3v) is 7.40. The minimum absolute atomic E-state index is 0.0186. The number of halogens is 3. The number of ether oxygens (including phenoxy) is 1. The molecule has 5 rings (SSSR count). The van der Waals surface area contributed by atoms with Crippen LogP contribution < -0.4 is 0 Å². The average Bonchev–Trinajstić information content (AvgIpc) is 3.43. The number of likely N-dealkylation sites (tertiary alicyclic amines) is 1. The van der Waals surface area contributed by atoms with Crippen LogP contribution in [0.1, 0.15) is 35.1 Å². The van der Waals surface area contributed by atoms with Crippen molar-refractivity contribution in [2.75, 3.05) is 13.1 Å². The van der Waals surface area contributed by atoms with Gasteiger partial charge in [0.15, 0.2) is 5.17 Å². The highest BCUT2D eigenvalue weighted by molar-refractivity contribution is 8.18. The number of amidine groups is 1. The van der Waals surface area contributed by atoms with Crippen molar-refractivity contribution in [3.63, 3.8) is 0 Å². The first-order valence-electron chi connectivity index (χ1n) is 11.7. The largest absolute Gasteiger partial charge is 0.463 e. The van der Waals surface area contributed by atoms with Crippen LogP contribution >= 0.6 is 11.8 Å². The summed E-state index contributed by atoms with van der Waals surface area (Å²) >= 11 is 1.27. The van der Waals surface area contributed by atoms with Gasteiger partial charge in [-0.2, -0.15) is 23.3 Å². The first-order valence-corrected chi connectivity index (χ1v) is 12.5. The Balaban J connectivity index is 1.34. The molecule has 2 aliphatic heterocycles. The molecule has 7 nitrogen and oxygen atoms in total. The van der Waals surface area contributed by atoms with E-state index in [1.807, 2.05) is 11.0 Å². The molecule has 1 saturated heterocycles. The Morgan fingerprint density at radius 3 is 2.84 bits per heavy atom. The van der Waals surface area contributed by atoms with Gasteiger partial charge in [-0.15, -0.1) is 0 Å². The normalized spacial score (nSPS) is 19.5. The number of aryl methyl sites for hydroxylation is 1. The number of fused-ring (bicyclic) bond motifs is 1. The van der Waals surface area contributed by atoms with Crippen molar-refractivity contribution in [3.8, 4) is 0 Å². The van der Waals surface area contributed by atoms with Crippen LogP contribution in [0.4, 0.5) is 13.2 Å². The summed E-state index contributed by atoms with van der Waals surface area (Å²) in [5.41, 5.74) is 1.47. The maximum atomic E-state index is 13.6. The van der Waals surface area contributed by atoms with E-state index in [1.54, 1.807) is 37.4 Å². The average molecular weight is 529 g/mol. The van der Waals surface area contributed by atoms with Gasteiger partial charge in [0.1, 0.15) is 6.10 Å². The van der Waals surface area contributed by atoms with Crippen molar-refractivity contribution < 1.29 is 27.5 Å². The van der Waals surface area contributed by atoms with Gasteiger partial charge in [0.25, 0.3) is 12.4 Å². The molecule has 1 fully saturated rings. The van der Waals surface area contributed by atoms with Gasteiger partial charge >= 0.3 is 6.18 Å². The summed E-state index contributed by atoms with van der Waals surface area (Å²) in [6.07, 6.45) is 0.283. The van der Waals surface area contributed by atoms with E-state index in [-0.39, 0.29) is 24.1 Å². The first-order chi connectivity index (χ1) is 17.7. The number of aliphatic imine (C=N–C) groups is 1. The van der Waals surface area contributed by atoms with Gasteiger partial charge in [-0.05, 0) is 66.9 Å². The van der Waals surface area contributed by atoms with Crippen LogP contribution in [0.3, 0.4) is 0 Å². The number of carbonyl (C=O) groups excluding carboxylic acids is 2. The predicted molar refractivity (Wildman–Crippen MR) is 135 cm³/mol. The third-order valence-electron chi connectivity index (χ3n) is 6.36. The molecule has 0 radical (unpaired) electrons. The van der Waals surface area contributed by atoms with Gasteiger partial charge in [-0.1, -0.05) is 23.8 Å². The molecule has 0 aliphatic carbocycles. The Labute approximate surface area is 215 Å². The first kappa shape index (κ1) is 25.1. The van der Waals surface area contributed by atoms with E-state index >= 15 is 0 Å². The van der Waals surface area contributed by atoms with Crippen molar-refractivity contribution in [2.45, 2.75) is 38.6 Å². The maximum Gasteiger partial charge on any atom is 0.416 e. The lowest BCUT2D eigenvalue weighted by Crippen LogP contribution is -2.41. The molecule has 0 unspecified atom stereocenters. The van der Waals surface area contributed by atoms with Crippen LogP contribution in [0.25, 0.3) is 17.0 Å². The fourth-order valence-electron chi connectivity index (χ4n) is 4.56. The SMILES string of the molecule is Cc1ccc(Cn2ncc3cc(/C=C4\SC(N5CCC[C@H](OC=O)C5)=NC4=O)ccc32)c(C(F)(F)F)c1. The fraction of sp³-hybridized carbons (Fsp3) is 0.308. The lowest BCUT2D eigenvalue weighted by atomic mass is 10.0. The Morgan fingerprint density at radius 2 is 2.05 bits per heavy atom. The number of thioether (sulfide) groups is 1. The Morgan fingerprint density at radius 1 is 1.22 bits per heavy atom. The number of carbonyl (C=O) groups is 2. The second kappa shape index (κ2) is 10.0. The zero-order valence-corrected chi connectivity index (χ0v) is 20.7. The highest BCUT2D eigenvalue weighted by atomic mass is 32.2. The van der Waals surface area contributed by atoms with Crippen molar-refractivity contribution in [1.82, 2.24) is 14.7 Å². The molecule has 0 bridgehead atoms. The smallest absolute Gasteiger partial charge is 0.416 e. The molecule has 0 saturated carbocycles. The van der Waals surface area contributed by atoms with Crippen LogP contribution in [-0.4, -0.2) is 51.4 Å². The molecule has 11 heteroatoms. The molecular formula is C26H23F3N4O3S. The number of aromatic nitrogens is 2. The molecule has 37 heavy (non-hydrogen) atoms. The van der Waals surface area contributed by atoms with Crippen molar-refractivity contribution in [3.05, 3.63) is 69.8 Å². The van der Waals surface area contributed by atoms with Gasteiger partial charge in [0.2, 0.25) is 0 Å². The molecule has 1 atom stereocenters. The van der Waals surface area contributed by atoms with Gasteiger partial charge in [0, 0.05) is 11.9 Å². The van der Waals surface area contributed by atoms with Crippen molar-refractivity contribution in [1.29, 1.82) is 0 Å². The van der Waals surface area contributed by atoms with Crippen LogP contribution in [0.5, 0.6) is 0 Å². The predicted octanol–water partition coefficient (Wildman–Crippen LogP) is 5.02. The van der Waals surface area contributed by atoms with Gasteiger partial charge in [0.05, 0.1) is 35.3 Å². The number of amides is 1. The monoisotopic (exact) mass is 528 g/mol. The lowest BCUT2D eigenvalue weighted by molar-refractivity contribution is -0.138. The number of benzene rings is 2. The van der Waals surface area contributed by atoms with Gasteiger partial charge in [-0.3, -0.25) is 14.3 Å². The number of rotatable bonds is 5. The molecule has 1 aromatic heterocycles. The van der Waals surface area contributed by atoms with Crippen LogP contribution in [-0.2, 0) is 27.0 Å². The van der Waals surface area contributed by atoms with E-state index in [2.05, 4.69) is 10.1 Å². The summed E-state index contributed by atoms with van der Waals surface area (Å²) in [6, 6.07) is 9.72. The molecular weight excluding hydrogens is 505 g/mol. The second-order valence-electron chi connectivity index (χ2n) is 9.03. The number of nitrogens with zero attached hydrogens (tertiary/aromatic N) is 4. The molecule has 3 aromatic rings. The molecule has 2 aromatic carbocycles. The number of piperidine rings is 1. The van der Waals surface area contributed by atoms with Crippen LogP contribution in [0.15, 0.2) is 52.5 Å². The fourth-order valence-corrected chi connectivity index (χ4v) is 5.51. The zero-order valence-electron chi connectivity index (χ0n) is 19.9. The molecule has 192 valence electrons. The van der Waals surface area contributed by atoms with E-state index in [4.69, 9.17) is 4.74 Å². The summed E-state index contributed by atoms with van der Waals surface area (Å²) < 4.78 is 47.3. The third kappa shape index (κ3) is 5.41. The Bertz CT molecular complexity index is 1430. The van der Waals surface area contributed by atoms with Gasteiger partial charge < -0.3 is 9.64 Å². The molecule has 2 aliphatic rings. The van der Waals surface area contributed by atoms with E-state index in [0.717, 1.165) is 36.4 Å². The number of alkyl halides is 3. The lowest BCUT2D eigenvalue weighted by Gasteiger charge is -2.32. The number of hydrogen-bond acceptors (Lipinski definition) is 6. The summed E-state index contributed by atoms with van der Waals surface area (Å²) in [4.78, 5) is 29.8. The quantitative estimate of drug-likeness (QED) is 0.342. The van der Waals surface area contributed by atoms with Crippen molar-refractivity contribution in [2.24, 2.45) is 4.99 Å². The highest BCUT2D eigenvalue weighted by Gasteiger charge is 2.33. The topological polar surface area (TPSA) is 76.8 Å². The van der Waals surface area contributed by atoms with E-state index in [0.29, 0.717) is 34.2 Å². The van der Waals surface area contributed by atoms with Crippen molar-refractivity contribution >= 4 is 46.3 Å². The van der Waals surface area contributed by atoms with Crippen LogP contribution in [0, 0.1) is 6.92 Å². The summed E-state index contributed by atoms with van der Waals surface area (Å²) in [6.45, 7) is 3.28. The summed E-state index contributed by atoms with van der Waals surface area (Å²) in [5, 5.41) is 5.64. The van der Waals surface area contributed by atoms with Gasteiger partial charge in [-0.25, -0.2) is 0 Å². The van der Waals surface area contributed by atoms with E-state index < -0.39 is 11.7 Å².